The van der Waals surface area contributed by atoms with Crippen LogP contribution in [-0.4, -0.2) is 40.5 Å². The van der Waals surface area contributed by atoms with E-state index in [4.69, 9.17) is 15.9 Å². The van der Waals surface area contributed by atoms with Crippen LogP contribution in [0.2, 0.25) is 0 Å². The number of aromatic hydroxyl groups is 1. The number of carbonyl (C=O) groups is 1. The number of aliphatic hydroxyl groups is 2. The molecule has 16 heavy (non-hydrogen) atoms. The van der Waals surface area contributed by atoms with Gasteiger partial charge in [0.25, 0.3) is 5.91 Å². The number of nitrogens with two attached hydrogens (primary N) is 1. The molecule has 1 rings (SSSR count). The first-order valence-electron chi connectivity index (χ1n) is 4.70. The molecule has 0 saturated carbocycles. The van der Waals surface area contributed by atoms with Crippen LogP contribution < -0.4 is 11.1 Å². The number of amides is 1. The van der Waals surface area contributed by atoms with Gasteiger partial charge in [-0.2, -0.15) is 0 Å². The Balaban J connectivity index is 2.84. The van der Waals surface area contributed by atoms with Gasteiger partial charge in [-0.1, -0.05) is 6.07 Å². The van der Waals surface area contributed by atoms with Crippen LogP contribution >= 0.6 is 0 Å². The van der Waals surface area contributed by atoms with E-state index in [9.17, 15) is 9.90 Å². The molecule has 0 aliphatic heterocycles. The molecule has 0 radical (unpaired) electrons. The number of hydrogen-bond acceptors (Lipinski definition) is 5. The molecule has 1 aromatic rings. The highest BCUT2D eigenvalue weighted by atomic mass is 16.3. The average molecular weight is 226 g/mol. The summed E-state index contributed by atoms with van der Waals surface area (Å²) < 4.78 is 0. The number of rotatable bonds is 4. The van der Waals surface area contributed by atoms with E-state index in [0.717, 1.165) is 0 Å². The van der Waals surface area contributed by atoms with Gasteiger partial charge in [0.2, 0.25) is 0 Å². The molecular formula is C10H14N2O4. The van der Waals surface area contributed by atoms with Crippen molar-refractivity contribution in [2.75, 3.05) is 18.9 Å². The number of nitrogen functional groups attached to an aromatic ring is 1. The monoisotopic (exact) mass is 226 g/mol. The van der Waals surface area contributed by atoms with Crippen LogP contribution in [0.1, 0.15) is 10.4 Å². The summed E-state index contributed by atoms with van der Waals surface area (Å²) in [5.41, 5.74) is 5.53. The lowest BCUT2D eigenvalue weighted by Crippen LogP contribution is -2.40. The molecule has 0 bridgehead atoms. The van der Waals surface area contributed by atoms with Gasteiger partial charge in [0.15, 0.2) is 5.75 Å². The third-order valence-electron chi connectivity index (χ3n) is 2.09. The van der Waals surface area contributed by atoms with Gasteiger partial charge in [-0.15, -0.1) is 0 Å². The fourth-order valence-electron chi connectivity index (χ4n) is 1.16. The second kappa shape index (κ2) is 5.34. The molecule has 0 aromatic heterocycles. The van der Waals surface area contributed by atoms with Crippen LogP contribution in [0.3, 0.4) is 0 Å². The number of carbonyl (C=O) groups excluding carboxylic acids is 1. The summed E-state index contributed by atoms with van der Waals surface area (Å²) in [5, 5.41) is 29.4. The van der Waals surface area contributed by atoms with Gasteiger partial charge < -0.3 is 26.4 Å². The number of hydrogen-bond donors (Lipinski definition) is 5. The summed E-state index contributed by atoms with van der Waals surface area (Å²) in [4.78, 5) is 11.6. The zero-order valence-electron chi connectivity index (χ0n) is 8.55. The molecule has 1 amide bonds. The molecule has 1 aromatic carbocycles. The number of para-hydroxylation sites is 1. The molecule has 0 unspecified atom stereocenters. The Kier molecular flexibility index (Phi) is 4.10. The maximum Gasteiger partial charge on any atom is 0.255 e. The van der Waals surface area contributed by atoms with Crippen molar-refractivity contribution in [3.8, 4) is 5.75 Å². The van der Waals surface area contributed by atoms with Crippen molar-refractivity contribution in [3.05, 3.63) is 23.8 Å². The van der Waals surface area contributed by atoms with Crippen molar-refractivity contribution < 1.29 is 20.1 Å². The SMILES string of the molecule is Nc1cccc(C(=O)NC(CO)CO)c1O. The summed E-state index contributed by atoms with van der Waals surface area (Å²) >= 11 is 0. The van der Waals surface area contributed by atoms with Gasteiger partial charge in [0.1, 0.15) is 0 Å². The summed E-state index contributed by atoms with van der Waals surface area (Å²) in [5.74, 6) is -0.910. The molecule has 0 atom stereocenters. The zero-order valence-corrected chi connectivity index (χ0v) is 8.55. The molecule has 6 heteroatoms. The first-order chi connectivity index (χ1) is 7.60. The van der Waals surface area contributed by atoms with E-state index in [1.807, 2.05) is 0 Å². The number of phenols is 1. The highest BCUT2D eigenvalue weighted by molar-refractivity contribution is 5.98. The van der Waals surface area contributed by atoms with Crippen LogP contribution in [0, 0.1) is 0 Å². The lowest BCUT2D eigenvalue weighted by molar-refractivity contribution is 0.0877. The fourth-order valence-corrected chi connectivity index (χ4v) is 1.16. The zero-order chi connectivity index (χ0) is 12.1. The van der Waals surface area contributed by atoms with Crippen LogP contribution in [0.5, 0.6) is 5.75 Å². The van der Waals surface area contributed by atoms with E-state index in [-0.39, 0.29) is 30.2 Å². The normalized spacial score (nSPS) is 10.4. The lowest BCUT2D eigenvalue weighted by atomic mass is 10.1. The maximum atomic E-state index is 11.6. The molecule has 6 N–H and O–H groups in total. The number of nitrogens with one attached hydrogen (secondary N) is 1. The summed E-state index contributed by atoms with van der Waals surface area (Å²) in [6.45, 7) is -0.767. The first-order valence-corrected chi connectivity index (χ1v) is 4.70. The third-order valence-corrected chi connectivity index (χ3v) is 2.09. The Morgan fingerprint density at radius 1 is 1.38 bits per heavy atom. The predicted octanol–water partition coefficient (Wildman–Crippen LogP) is -0.943. The fraction of sp³-hybridized carbons (Fsp3) is 0.300. The Morgan fingerprint density at radius 3 is 2.56 bits per heavy atom. The molecule has 0 heterocycles. The van der Waals surface area contributed by atoms with Crippen LogP contribution in [0.15, 0.2) is 18.2 Å². The Labute approximate surface area is 92.3 Å². The second-order valence-electron chi connectivity index (χ2n) is 3.28. The predicted molar refractivity (Wildman–Crippen MR) is 57.9 cm³/mol. The van der Waals surface area contributed by atoms with E-state index in [1.165, 1.54) is 18.2 Å². The smallest absolute Gasteiger partial charge is 0.255 e. The Morgan fingerprint density at radius 2 is 2.00 bits per heavy atom. The van der Waals surface area contributed by atoms with E-state index in [1.54, 1.807) is 0 Å². The van der Waals surface area contributed by atoms with Crippen molar-refractivity contribution in [1.29, 1.82) is 0 Å². The molecule has 0 aliphatic carbocycles. The minimum absolute atomic E-state index is 0.00639. The van der Waals surface area contributed by atoms with Crippen LogP contribution in [-0.2, 0) is 0 Å². The largest absolute Gasteiger partial charge is 0.505 e. The van der Waals surface area contributed by atoms with Crippen molar-refractivity contribution in [2.45, 2.75) is 6.04 Å². The van der Waals surface area contributed by atoms with E-state index in [0.29, 0.717) is 0 Å². The number of benzene rings is 1. The van der Waals surface area contributed by atoms with E-state index in [2.05, 4.69) is 5.32 Å². The summed E-state index contributed by atoms with van der Waals surface area (Å²) in [6.07, 6.45) is 0. The van der Waals surface area contributed by atoms with Gasteiger partial charge in [0, 0.05) is 0 Å². The highest BCUT2D eigenvalue weighted by Gasteiger charge is 2.16. The minimum atomic E-state index is -0.756. The molecule has 0 spiro atoms. The van der Waals surface area contributed by atoms with Crippen molar-refractivity contribution in [2.24, 2.45) is 0 Å². The Bertz CT molecular complexity index is 377. The summed E-state index contributed by atoms with van der Waals surface area (Å²) in [6, 6.07) is 3.62. The van der Waals surface area contributed by atoms with Gasteiger partial charge in [-0.05, 0) is 12.1 Å². The number of aliphatic hydroxyl groups excluding tert-OH is 2. The third kappa shape index (κ3) is 2.62. The quantitative estimate of drug-likeness (QED) is 0.335. The van der Waals surface area contributed by atoms with Crippen molar-refractivity contribution in [3.63, 3.8) is 0 Å². The maximum absolute atomic E-state index is 11.6. The Hall–Kier alpha value is -1.79. The van der Waals surface area contributed by atoms with Crippen LogP contribution in [0.25, 0.3) is 0 Å². The van der Waals surface area contributed by atoms with Gasteiger partial charge in [-0.3, -0.25) is 4.79 Å². The van der Waals surface area contributed by atoms with Crippen molar-refractivity contribution >= 4 is 11.6 Å². The molecule has 0 fully saturated rings. The van der Waals surface area contributed by atoms with Crippen molar-refractivity contribution in [1.82, 2.24) is 5.32 Å². The molecule has 6 nitrogen and oxygen atoms in total. The standard InChI is InChI=1S/C10H14N2O4/c11-8-3-1-2-7(9(8)15)10(16)12-6(4-13)5-14/h1-3,6,13-15H,4-5,11H2,(H,12,16). The molecule has 0 aliphatic rings. The minimum Gasteiger partial charge on any atom is -0.505 e. The highest BCUT2D eigenvalue weighted by Crippen LogP contribution is 2.24. The van der Waals surface area contributed by atoms with E-state index < -0.39 is 11.9 Å². The lowest BCUT2D eigenvalue weighted by Gasteiger charge is -2.14. The molecule has 0 saturated heterocycles. The molecule has 88 valence electrons. The van der Waals surface area contributed by atoms with E-state index >= 15 is 0 Å². The van der Waals surface area contributed by atoms with Gasteiger partial charge in [-0.25, -0.2) is 0 Å². The summed E-state index contributed by atoms with van der Waals surface area (Å²) in [7, 11) is 0. The van der Waals surface area contributed by atoms with Gasteiger partial charge in [0.05, 0.1) is 30.5 Å². The number of phenolic OH excluding ortho intramolecular Hbond substituents is 1. The average Bonchev–Trinajstić information content (AvgIpc) is 2.29. The first kappa shape index (κ1) is 12.3. The topological polar surface area (TPSA) is 116 Å². The number of anilines is 1. The van der Waals surface area contributed by atoms with Gasteiger partial charge >= 0.3 is 0 Å². The van der Waals surface area contributed by atoms with Crippen LogP contribution in [0.4, 0.5) is 5.69 Å². The second-order valence-corrected chi connectivity index (χ2v) is 3.28. The molecular weight excluding hydrogens is 212 g/mol.